The molecule has 0 atom stereocenters. The van der Waals surface area contributed by atoms with E-state index in [2.05, 4.69) is 30.7 Å². The second-order valence-corrected chi connectivity index (χ2v) is 6.42. The van der Waals surface area contributed by atoms with E-state index in [0.29, 0.717) is 35.7 Å². The SMILES string of the molecule is Cc1cc(NCc2noc(C3CCC3)n2)nc(Nc2cccc(O)c2)n1. The molecule has 8 nitrogen and oxygen atoms in total. The van der Waals surface area contributed by atoms with Crippen molar-refractivity contribution < 1.29 is 9.63 Å². The van der Waals surface area contributed by atoms with Crippen molar-refractivity contribution >= 4 is 17.5 Å². The van der Waals surface area contributed by atoms with E-state index < -0.39 is 0 Å². The third-order valence-corrected chi connectivity index (χ3v) is 4.32. The van der Waals surface area contributed by atoms with Crippen LogP contribution in [0.3, 0.4) is 0 Å². The smallest absolute Gasteiger partial charge is 0.229 e. The van der Waals surface area contributed by atoms with Crippen LogP contribution in [0.5, 0.6) is 5.75 Å². The summed E-state index contributed by atoms with van der Waals surface area (Å²) in [4.78, 5) is 13.3. The number of hydrogen-bond donors (Lipinski definition) is 3. The summed E-state index contributed by atoms with van der Waals surface area (Å²) < 4.78 is 5.32. The molecule has 0 saturated heterocycles. The maximum absolute atomic E-state index is 9.56. The fraction of sp³-hybridized carbons (Fsp3) is 0.333. The highest BCUT2D eigenvalue weighted by Gasteiger charge is 2.25. The molecule has 1 fully saturated rings. The summed E-state index contributed by atoms with van der Waals surface area (Å²) in [6.45, 7) is 2.32. The minimum absolute atomic E-state index is 0.181. The predicted molar refractivity (Wildman–Crippen MR) is 96.4 cm³/mol. The van der Waals surface area contributed by atoms with Gasteiger partial charge in [0.1, 0.15) is 11.6 Å². The van der Waals surface area contributed by atoms with Crippen LogP contribution < -0.4 is 10.6 Å². The molecule has 0 unspecified atom stereocenters. The summed E-state index contributed by atoms with van der Waals surface area (Å²) in [5, 5.41) is 19.9. The first-order valence-electron chi connectivity index (χ1n) is 8.64. The van der Waals surface area contributed by atoms with Gasteiger partial charge in [0.15, 0.2) is 5.82 Å². The molecule has 1 aliphatic carbocycles. The minimum Gasteiger partial charge on any atom is -0.508 e. The van der Waals surface area contributed by atoms with Crippen LogP contribution in [0.15, 0.2) is 34.9 Å². The molecule has 1 aliphatic rings. The largest absolute Gasteiger partial charge is 0.508 e. The molecule has 0 aliphatic heterocycles. The van der Waals surface area contributed by atoms with Gasteiger partial charge in [-0.3, -0.25) is 0 Å². The van der Waals surface area contributed by atoms with E-state index in [-0.39, 0.29) is 5.75 Å². The van der Waals surface area contributed by atoms with Crippen LogP contribution in [0.25, 0.3) is 0 Å². The van der Waals surface area contributed by atoms with Gasteiger partial charge in [0.25, 0.3) is 0 Å². The molecule has 0 bridgehead atoms. The molecule has 3 aromatic rings. The molecule has 2 heterocycles. The molecule has 1 aromatic carbocycles. The van der Waals surface area contributed by atoms with Gasteiger partial charge < -0.3 is 20.3 Å². The summed E-state index contributed by atoms with van der Waals surface area (Å²) in [5.41, 5.74) is 1.53. The number of phenolic OH excluding ortho intramolecular Hbond substituents is 1. The fourth-order valence-corrected chi connectivity index (χ4v) is 2.76. The molecule has 2 aromatic heterocycles. The summed E-state index contributed by atoms with van der Waals surface area (Å²) in [7, 11) is 0. The zero-order valence-electron chi connectivity index (χ0n) is 14.4. The fourth-order valence-electron chi connectivity index (χ4n) is 2.76. The Morgan fingerprint density at radius 2 is 2.08 bits per heavy atom. The zero-order chi connectivity index (χ0) is 17.9. The van der Waals surface area contributed by atoms with Gasteiger partial charge in [-0.15, -0.1) is 0 Å². The lowest BCUT2D eigenvalue weighted by atomic mass is 9.85. The number of aryl methyl sites for hydroxylation is 1. The lowest BCUT2D eigenvalue weighted by Gasteiger charge is -2.20. The Labute approximate surface area is 150 Å². The molecule has 0 amide bonds. The van der Waals surface area contributed by atoms with Crippen molar-refractivity contribution in [2.45, 2.75) is 38.6 Å². The van der Waals surface area contributed by atoms with Crippen molar-refractivity contribution in [2.75, 3.05) is 10.6 Å². The molecule has 0 radical (unpaired) electrons. The van der Waals surface area contributed by atoms with Crippen molar-refractivity contribution in [3.8, 4) is 5.75 Å². The normalized spacial score (nSPS) is 14.0. The van der Waals surface area contributed by atoms with Crippen LogP contribution in [0.1, 0.15) is 42.6 Å². The van der Waals surface area contributed by atoms with Crippen LogP contribution in [0, 0.1) is 6.92 Å². The maximum atomic E-state index is 9.56. The van der Waals surface area contributed by atoms with Gasteiger partial charge in [-0.05, 0) is 31.9 Å². The highest BCUT2D eigenvalue weighted by molar-refractivity contribution is 5.57. The molecule has 4 rings (SSSR count). The molecule has 0 spiro atoms. The van der Waals surface area contributed by atoms with E-state index in [0.717, 1.165) is 24.4 Å². The Morgan fingerprint density at radius 3 is 2.85 bits per heavy atom. The summed E-state index contributed by atoms with van der Waals surface area (Å²) in [5.74, 6) is 3.07. The van der Waals surface area contributed by atoms with E-state index in [1.54, 1.807) is 18.2 Å². The first-order chi connectivity index (χ1) is 12.7. The Kier molecular flexibility index (Phi) is 4.39. The molecule has 3 N–H and O–H groups in total. The monoisotopic (exact) mass is 352 g/mol. The van der Waals surface area contributed by atoms with Crippen LogP contribution in [0.4, 0.5) is 17.5 Å². The summed E-state index contributed by atoms with van der Waals surface area (Å²) >= 11 is 0. The summed E-state index contributed by atoms with van der Waals surface area (Å²) in [6, 6.07) is 8.65. The first-order valence-corrected chi connectivity index (χ1v) is 8.64. The zero-order valence-corrected chi connectivity index (χ0v) is 14.4. The Morgan fingerprint density at radius 1 is 1.19 bits per heavy atom. The highest BCUT2D eigenvalue weighted by Crippen LogP contribution is 2.35. The van der Waals surface area contributed by atoms with Crippen LogP contribution in [-0.4, -0.2) is 25.2 Å². The molecular weight excluding hydrogens is 332 g/mol. The van der Waals surface area contributed by atoms with Gasteiger partial charge in [0, 0.05) is 29.4 Å². The number of aromatic nitrogens is 4. The number of rotatable bonds is 6. The second-order valence-electron chi connectivity index (χ2n) is 6.42. The lowest BCUT2D eigenvalue weighted by molar-refractivity contribution is 0.291. The Hall–Kier alpha value is -3.16. The van der Waals surface area contributed by atoms with E-state index in [4.69, 9.17) is 4.52 Å². The Balaban J connectivity index is 1.43. The van der Waals surface area contributed by atoms with Gasteiger partial charge in [0.05, 0.1) is 6.54 Å². The van der Waals surface area contributed by atoms with Gasteiger partial charge in [-0.25, -0.2) is 4.98 Å². The van der Waals surface area contributed by atoms with E-state index in [1.807, 2.05) is 19.1 Å². The minimum atomic E-state index is 0.181. The van der Waals surface area contributed by atoms with Gasteiger partial charge in [-0.2, -0.15) is 9.97 Å². The number of anilines is 3. The first kappa shape index (κ1) is 16.3. The molecule has 26 heavy (non-hydrogen) atoms. The number of phenols is 1. The maximum Gasteiger partial charge on any atom is 0.229 e. The second kappa shape index (κ2) is 6.99. The number of hydrogen-bond acceptors (Lipinski definition) is 8. The number of benzene rings is 1. The van der Waals surface area contributed by atoms with Crippen LogP contribution in [-0.2, 0) is 6.54 Å². The van der Waals surface area contributed by atoms with Crippen molar-refractivity contribution in [3.05, 3.63) is 47.7 Å². The van der Waals surface area contributed by atoms with E-state index in [1.165, 1.54) is 6.42 Å². The van der Waals surface area contributed by atoms with Crippen molar-refractivity contribution in [1.29, 1.82) is 0 Å². The third-order valence-electron chi connectivity index (χ3n) is 4.32. The van der Waals surface area contributed by atoms with Crippen molar-refractivity contribution in [3.63, 3.8) is 0 Å². The van der Waals surface area contributed by atoms with E-state index in [9.17, 15) is 5.11 Å². The third kappa shape index (κ3) is 3.74. The number of aromatic hydroxyl groups is 1. The number of nitrogens with zero attached hydrogens (tertiary/aromatic N) is 4. The van der Waals surface area contributed by atoms with Crippen molar-refractivity contribution in [2.24, 2.45) is 0 Å². The molecule has 134 valence electrons. The molecule has 8 heteroatoms. The van der Waals surface area contributed by atoms with Gasteiger partial charge in [0.2, 0.25) is 11.8 Å². The quantitative estimate of drug-likeness (QED) is 0.618. The van der Waals surface area contributed by atoms with Gasteiger partial charge in [-0.1, -0.05) is 17.6 Å². The van der Waals surface area contributed by atoms with Crippen molar-refractivity contribution in [1.82, 2.24) is 20.1 Å². The highest BCUT2D eigenvalue weighted by atomic mass is 16.5. The lowest BCUT2D eigenvalue weighted by Crippen LogP contribution is -2.09. The Bertz CT molecular complexity index is 906. The standard InChI is InChI=1S/C18H20N6O2/c1-11-8-15(19-10-16-22-17(26-24-16)12-4-2-5-12)23-18(20-11)21-13-6-3-7-14(25)9-13/h3,6-9,12,25H,2,4-5,10H2,1H3,(H2,19,20,21,23). The average Bonchev–Trinajstić information content (AvgIpc) is 2.99. The average molecular weight is 352 g/mol. The van der Waals surface area contributed by atoms with Crippen LogP contribution >= 0.6 is 0 Å². The van der Waals surface area contributed by atoms with E-state index >= 15 is 0 Å². The summed E-state index contributed by atoms with van der Waals surface area (Å²) in [6.07, 6.45) is 3.49. The predicted octanol–water partition coefficient (Wildman–Crippen LogP) is 3.50. The topological polar surface area (TPSA) is 109 Å². The molecule has 1 saturated carbocycles. The number of nitrogens with one attached hydrogen (secondary N) is 2. The molecular formula is C18H20N6O2. The van der Waals surface area contributed by atoms with Crippen LogP contribution in [0.2, 0.25) is 0 Å². The van der Waals surface area contributed by atoms with Gasteiger partial charge >= 0.3 is 0 Å².